The first kappa shape index (κ1) is 22.4. The first-order valence-electron chi connectivity index (χ1n) is 10.4. The molecule has 1 N–H and O–H groups in total. The van der Waals surface area contributed by atoms with Gasteiger partial charge in [0.2, 0.25) is 0 Å². The predicted molar refractivity (Wildman–Crippen MR) is 123 cm³/mol. The van der Waals surface area contributed by atoms with Crippen molar-refractivity contribution >= 4 is 11.6 Å². The van der Waals surface area contributed by atoms with Gasteiger partial charge in [0, 0.05) is 24.3 Å². The van der Waals surface area contributed by atoms with E-state index in [1.165, 1.54) is 18.5 Å². The fourth-order valence-corrected chi connectivity index (χ4v) is 3.73. The molecule has 0 spiro atoms. The molecule has 0 aliphatic carbocycles. The van der Waals surface area contributed by atoms with Crippen molar-refractivity contribution in [3.05, 3.63) is 59.4 Å². The van der Waals surface area contributed by atoms with Crippen LogP contribution in [-0.2, 0) is 11.3 Å². The summed E-state index contributed by atoms with van der Waals surface area (Å²) in [5.74, 6) is 2.39. The average molecular weight is 452 g/mol. The summed E-state index contributed by atoms with van der Waals surface area (Å²) in [5, 5.41) is 12.6. The standard InChI is InChI=1S/C23H26FN7O2/c1-14-21(17-6-8-18(24)9-7-17)29-30(10-11-32-4)23(14)27-19-12-20(26-13-25-19)31-16(3)22(33-5)15(2)28-31/h6-9,12-13H,10-11H2,1-5H3,(H,25,26,27). The highest BCUT2D eigenvalue weighted by molar-refractivity contribution is 5.71. The van der Waals surface area contributed by atoms with E-state index in [1.54, 1.807) is 31.0 Å². The molecular formula is C23H26FN7O2. The number of rotatable bonds is 8. The molecule has 0 saturated heterocycles. The molecule has 0 amide bonds. The topological polar surface area (TPSA) is 91.9 Å². The molecule has 10 heteroatoms. The third kappa shape index (κ3) is 4.42. The fraction of sp³-hybridized carbons (Fsp3) is 0.304. The lowest BCUT2D eigenvalue weighted by Gasteiger charge is -2.11. The summed E-state index contributed by atoms with van der Waals surface area (Å²) in [6.45, 7) is 6.79. The maximum absolute atomic E-state index is 13.4. The highest BCUT2D eigenvalue weighted by Gasteiger charge is 2.18. The Hall–Kier alpha value is -3.79. The molecule has 172 valence electrons. The van der Waals surface area contributed by atoms with Crippen LogP contribution in [0.5, 0.6) is 5.75 Å². The van der Waals surface area contributed by atoms with Gasteiger partial charge in [0.25, 0.3) is 0 Å². The number of benzene rings is 1. The summed E-state index contributed by atoms with van der Waals surface area (Å²) in [4.78, 5) is 8.75. The van der Waals surface area contributed by atoms with Crippen LogP contribution in [0.25, 0.3) is 17.1 Å². The minimum absolute atomic E-state index is 0.289. The van der Waals surface area contributed by atoms with Gasteiger partial charge >= 0.3 is 0 Å². The molecule has 0 unspecified atom stereocenters. The number of ether oxygens (including phenoxy) is 2. The molecule has 4 aromatic rings. The molecule has 0 saturated carbocycles. The first-order valence-corrected chi connectivity index (χ1v) is 10.4. The zero-order chi connectivity index (χ0) is 23.5. The van der Waals surface area contributed by atoms with Crippen molar-refractivity contribution in [1.82, 2.24) is 29.5 Å². The Morgan fingerprint density at radius 3 is 2.45 bits per heavy atom. The Morgan fingerprint density at radius 1 is 1.03 bits per heavy atom. The van der Waals surface area contributed by atoms with Crippen LogP contribution in [0.3, 0.4) is 0 Å². The quantitative estimate of drug-likeness (QED) is 0.433. The summed E-state index contributed by atoms with van der Waals surface area (Å²) in [7, 11) is 3.26. The minimum Gasteiger partial charge on any atom is -0.493 e. The van der Waals surface area contributed by atoms with Gasteiger partial charge in [-0.05, 0) is 45.0 Å². The van der Waals surface area contributed by atoms with Crippen molar-refractivity contribution in [1.29, 1.82) is 0 Å². The maximum Gasteiger partial charge on any atom is 0.163 e. The Bertz CT molecular complexity index is 1260. The van der Waals surface area contributed by atoms with Gasteiger partial charge in [-0.2, -0.15) is 10.2 Å². The molecule has 0 fully saturated rings. The van der Waals surface area contributed by atoms with Crippen molar-refractivity contribution in [2.45, 2.75) is 27.3 Å². The van der Waals surface area contributed by atoms with E-state index in [-0.39, 0.29) is 5.82 Å². The molecule has 0 radical (unpaired) electrons. The largest absolute Gasteiger partial charge is 0.493 e. The monoisotopic (exact) mass is 451 g/mol. The van der Waals surface area contributed by atoms with Gasteiger partial charge in [0.05, 0.1) is 31.6 Å². The maximum atomic E-state index is 13.4. The lowest BCUT2D eigenvalue weighted by atomic mass is 10.1. The van der Waals surface area contributed by atoms with Crippen LogP contribution in [0.1, 0.15) is 17.0 Å². The summed E-state index contributed by atoms with van der Waals surface area (Å²) >= 11 is 0. The third-order valence-electron chi connectivity index (χ3n) is 5.36. The number of nitrogens with zero attached hydrogens (tertiary/aromatic N) is 6. The third-order valence-corrected chi connectivity index (χ3v) is 5.36. The second-order valence-corrected chi connectivity index (χ2v) is 7.55. The van der Waals surface area contributed by atoms with Crippen molar-refractivity contribution < 1.29 is 13.9 Å². The van der Waals surface area contributed by atoms with Crippen LogP contribution in [0.4, 0.5) is 16.0 Å². The zero-order valence-electron chi connectivity index (χ0n) is 19.3. The molecule has 3 aromatic heterocycles. The number of anilines is 2. The molecule has 33 heavy (non-hydrogen) atoms. The van der Waals surface area contributed by atoms with E-state index in [4.69, 9.17) is 14.6 Å². The van der Waals surface area contributed by atoms with Crippen LogP contribution >= 0.6 is 0 Å². The van der Waals surface area contributed by atoms with Crippen LogP contribution in [-0.4, -0.2) is 50.4 Å². The summed E-state index contributed by atoms with van der Waals surface area (Å²) < 4.78 is 27.6. The van der Waals surface area contributed by atoms with Gasteiger partial charge in [0.15, 0.2) is 11.6 Å². The number of aryl methyl sites for hydroxylation is 1. The van der Waals surface area contributed by atoms with E-state index in [9.17, 15) is 4.39 Å². The van der Waals surface area contributed by atoms with Crippen molar-refractivity contribution in [3.63, 3.8) is 0 Å². The van der Waals surface area contributed by atoms with Crippen LogP contribution in [0.2, 0.25) is 0 Å². The molecular weight excluding hydrogens is 425 g/mol. The van der Waals surface area contributed by atoms with Gasteiger partial charge < -0.3 is 14.8 Å². The molecule has 9 nitrogen and oxygen atoms in total. The number of hydrogen-bond acceptors (Lipinski definition) is 7. The summed E-state index contributed by atoms with van der Waals surface area (Å²) in [6, 6.07) is 8.09. The first-order chi connectivity index (χ1) is 15.9. The number of nitrogens with one attached hydrogen (secondary N) is 1. The highest BCUT2D eigenvalue weighted by atomic mass is 19.1. The Balaban J connectivity index is 1.71. The van der Waals surface area contributed by atoms with Crippen molar-refractivity contribution in [2.24, 2.45) is 0 Å². The van der Waals surface area contributed by atoms with E-state index >= 15 is 0 Å². The number of methoxy groups -OCH3 is 2. The molecule has 0 aliphatic rings. The van der Waals surface area contributed by atoms with E-state index < -0.39 is 0 Å². The molecule has 0 atom stereocenters. The van der Waals surface area contributed by atoms with Crippen LogP contribution in [0, 0.1) is 26.6 Å². The normalized spacial score (nSPS) is 11.1. The molecule has 0 bridgehead atoms. The molecule has 3 heterocycles. The molecule has 1 aromatic carbocycles. The van der Waals surface area contributed by atoms with Gasteiger partial charge in [-0.1, -0.05) is 0 Å². The van der Waals surface area contributed by atoms with Gasteiger partial charge in [-0.15, -0.1) is 0 Å². The van der Waals surface area contributed by atoms with E-state index in [0.717, 1.165) is 39.8 Å². The number of halogens is 1. The molecule has 4 rings (SSSR count). The van der Waals surface area contributed by atoms with Gasteiger partial charge in [0.1, 0.15) is 29.5 Å². The summed E-state index contributed by atoms with van der Waals surface area (Å²) in [5.41, 5.74) is 4.11. The van der Waals surface area contributed by atoms with E-state index in [2.05, 4.69) is 20.4 Å². The average Bonchev–Trinajstić information content (AvgIpc) is 3.28. The smallest absolute Gasteiger partial charge is 0.163 e. The lowest BCUT2D eigenvalue weighted by molar-refractivity contribution is 0.184. The van der Waals surface area contributed by atoms with E-state index in [0.29, 0.717) is 24.8 Å². The Morgan fingerprint density at radius 2 is 1.79 bits per heavy atom. The SMILES string of the molecule is COCCn1nc(-c2ccc(F)cc2)c(C)c1Nc1cc(-n2nc(C)c(OC)c2C)ncn1. The van der Waals surface area contributed by atoms with Gasteiger partial charge in [-0.25, -0.2) is 23.7 Å². The molecule has 0 aliphatic heterocycles. The van der Waals surface area contributed by atoms with Crippen LogP contribution < -0.4 is 10.1 Å². The number of aromatic nitrogens is 6. The van der Waals surface area contributed by atoms with Gasteiger partial charge in [-0.3, -0.25) is 0 Å². The van der Waals surface area contributed by atoms with Crippen molar-refractivity contribution in [3.8, 4) is 22.8 Å². The number of hydrogen-bond donors (Lipinski definition) is 1. The second-order valence-electron chi connectivity index (χ2n) is 7.55. The zero-order valence-corrected chi connectivity index (χ0v) is 19.3. The van der Waals surface area contributed by atoms with Crippen LogP contribution in [0.15, 0.2) is 36.7 Å². The summed E-state index contributed by atoms with van der Waals surface area (Å²) in [6.07, 6.45) is 1.48. The second kappa shape index (κ2) is 9.37. The lowest BCUT2D eigenvalue weighted by Crippen LogP contribution is -2.11. The van der Waals surface area contributed by atoms with Crippen molar-refractivity contribution in [2.75, 3.05) is 26.1 Å². The fourth-order valence-electron chi connectivity index (χ4n) is 3.73. The minimum atomic E-state index is -0.289. The highest BCUT2D eigenvalue weighted by Crippen LogP contribution is 2.31. The van der Waals surface area contributed by atoms with E-state index in [1.807, 2.05) is 31.5 Å². The Kier molecular flexibility index (Phi) is 6.36. The Labute approximate surface area is 191 Å². The predicted octanol–water partition coefficient (Wildman–Crippen LogP) is 3.99.